The molecule has 0 aliphatic heterocycles. The van der Waals surface area contributed by atoms with Crippen molar-refractivity contribution in [2.24, 2.45) is 0 Å². The van der Waals surface area contributed by atoms with Crippen molar-refractivity contribution in [1.82, 2.24) is 10.3 Å². The van der Waals surface area contributed by atoms with Gasteiger partial charge < -0.3 is 15.4 Å². The van der Waals surface area contributed by atoms with Crippen molar-refractivity contribution in [2.45, 2.75) is 13.3 Å². The second-order valence-electron chi connectivity index (χ2n) is 4.56. The number of methoxy groups -OCH3 is 1. The Morgan fingerprint density at radius 3 is 2.95 bits per heavy atom. The lowest BCUT2D eigenvalue weighted by Gasteiger charge is -2.12. The summed E-state index contributed by atoms with van der Waals surface area (Å²) in [6.45, 7) is 3.50. The average Bonchev–Trinajstić information content (AvgIpc) is 2.44. The van der Waals surface area contributed by atoms with E-state index >= 15 is 0 Å². The molecule has 1 aromatic carbocycles. The maximum Gasteiger partial charge on any atom is 0.170 e. The molecule has 20 heavy (non-hydrogen) atoms. The van der Waals surface area contributed by atoms with E-state index in [0.717, 1.165) is 41.9 Å². The van der Waals surface area contributed by atoms with Crippen molar-refractivity contribution < 1.29 is 4.74 Å². The fraction of sp³-hybridized carbons (Fsp3) is 0.333. The van der Waals surface area contributed by atoms with Crippen LogP contribution >= 0.6 is 12.2 Å². The molecule has 0 fully saturated rings. The third-order valence-corrected chi connectivity index (χ3v) is 3.16. The summed E-state index contributed by atoms with van der Waals surface area (Å²) in [5, 5.41) is 8.07. The molecule has 0 bridgehead atoms. The summed E-state index contributed by atoms with van der Waals surface area (Å²) in [6.07, 6.45) is 0.922. The summed E-state index contributed by atoms with van der Waals surface area (Å²) in [5.41, 5.74) is 2.86. The van der Waals surface area contributed by atoms with Crippen molar-refractivity contribution in [3.63, 3.8) is 0 Å². The third-order valence-electron chi connectivity index (χ3n) is 2.92. The van der Waals surface area contributed by atoms with Crippen LogP contribution in [0.4, 0.5) is 5.69 Å². The number of fused-ring (bicyclic) bond motifs is 1. The molecule has 5 heteroatoms. The Balaban J connectivity index is 2.05. The first-order chi connectivity index (χ1) is 9.70. The lowest BCUT2D eigenvalue weighted by Crippen LogP contribution is -2.29. The molecule has 0 saturated heterocycles. The predicted octanol–water partition coefficient (Wildman–Crippen LogP) is 2.87. The minimum Gasteiger partial charge on any atom is -0.385 e. The van der Waals surface area contributed by atoms with E-state index in [1.807, 2.05) is 31.2 Å². The standard InChI is InChI=1S/C15H19N3OS/c1-11-7-8-12-5-3-6-13(14(12)17-11)18-15(20)16-9-4-10-19-2/h3,5-8H,4,9-10H2,1-2H3,(H2,16,18,20). The second-order valence-corrected chi connectivity index (χ2v) is 4.97. The Kier molecular flexibility index (Phi) is 5.26. The van der Waals surface area contributed by atoms with Gasteiger partial charge in [0.15, 0.2) is 5.11 Å². The van der Waals surface area contributed by atoms with Gasteiger partial charge in [0.1, 0.15) is 0 Å². The molecule has 0 unspecified atom stereocenters. The SMILES string of the molecule is COCCCNC(=S)Nc1cccc2ccc(C)nc12. The first-order valence-corrected chi connectivity index (χ1v) is 7.01. The number of anilines is 1. The largest absolute Gasteiger partial charge is 0.385 e. The maximum atomic E-state index is 5.29. The van der Waals surface area contributed by atoms with Gasteiger partial charge in [0.25, 0.3) is 0 Å². The molecule has 0 radical (unpaired) electrons. The molecule has 0 amide bonds. The number of hydrogen-bond donors (Lipinski definition) is 2. The van der Waals surface area contributed by atoms with Crippen molar-refractivity contribution in [3.05, 3.63) is 36.0 Å². The highest BCUT2D eigenvalue weighted by Crippen LogP contribution is 2.21. The topological polar surface area (TPSA) is 46.2 Å². The third kappa shape index (κ3) is 3.88. The first kappa shape index (κ1) is 14.7. The lowest BCUT2D eigenvalue weighted by molar-refractivity contribution is 0.196. The molecule has 4 nitrogen and oxygen atoms in total. The Morgan fingerprint density at radius 2 is 2.15 bits per heavy atom. The normalized spacial score (nSPS) is 10.5. The van der Waals surface area contributed by atoms with Gasteiger partial charge in [-0.2, -0.15) is 0 Å². The summed E-state index contributed by atoms with van der Waals surface area (Å²) < 4.78 is 5.00. The first-order valence-electron chi connectivity index (χ1n) is 6.61. The number of nitrogens with one attached hydrogen (secondary N) is 2. The van der Waals surface area contributed by atoms with Crippen molar-refractivity contribution in [3.8, 4) is 0 Å². The fourth-order valence-corrected chi connectivity index (χ4v) is 2.14. The smallest absolute Gasteiger partial charge is 0.170 e. The van der Waals surface area contributed by atoms with E-state index in [1.54, 1.807) is 7.11 Å². The fourth-order valence-electron chi connectivity index (χ4n) is 1.93. The molecule has 1 heterocycles. The Morgan fingerprint density at radius 1 is 1.30 bits per heavy atom. The van der Waals surface area contributed by atoms with Crippen molar-refractivity contribution in [1.29, 1.82) is 0 Å². The zero-order valence-electron chi connectivity index (χ0n) is 11.8. The average molecular weight is 289 g/mol. The number of para-hydroxylation sites is 1. The number of aromatic nitrogens is 1. The monoisotopic (exact) mass is 289 g/mol. The summed E-state index contributed by atoms with van der Waals surface area (Å²) in [5.74, 6) is 0. The van der Waals surface area contributed by atoms with Gasteiger partial charge in [-0.1, -0.05) is 18.2 Å². The number of pyridine rings is 1. The van der Waals surface area contributed by atoms with Crippen molar-refractivity contribution in [2.75, 3.05) is 25.6 Å². The summed E-state index contributed by atoms with van der Waals surface area (Å²) in [6, 6.07) is 10.1. The lowest BCUT2D eigenvalue weighted by atomic mass is 10.2. The van der Waals surface area contributed by atoms with Gasteiger partial charge in [-0.3, -0.25) is 4.98 Å². The van der Waals surface area contributed by atoms with Crippen LogP contribution in [0.2, 0.25) is 0 Å². The van der Waals surface area contributed by atoms with Gasteiger partial charge in [-0.05, 0) is 37.7 Å². The number of hydrogen-bond acceptors (Lipinski definition) is 3. The molecular weight excluding hydrogens is 270 g/mol. The quantitative estimate of drug-likeness (QED) is 0.654. The molecule has 0 saturated carbocycles. The summed E-state index contributed by atoms with van der Waals surface area (Å²) >= 11 is 5.29. The van der Waals surface area contributed by atoms with E-state index in [4.69, 9.17) is 17.0 Å². The Hall–Kier alpha value is -1.72. The van der Waals surface area contributed by atoms with Crippen LogP contribution < -0.4 is 10.6 Å². The molecular formula is C15H19N3OS. The van der Waals surface area contributed by atoms with E-state index < -0.39 is 0 Å². The van der Waals surface area contributed by atoms with Crippen LogP contribution in [0.15, 0.2) is 30.3 Å². The second kappa shape index (κ2) is 7.17. The van der Waals surface area contributed by atoms with Crippen LogP contribution in [0.1, 0.15) is 12.1 Å². The maximum absolute atomic E-state index is 5.29. The molecule has 1 aromatic heterocycles. The zero-order valence-corrected chi connectivity index (χ0v) is 12.6. The molecule has 2 rings (SSSR count). The molecule has 0 spiro atoms. The van der Waals surface area contributed by atoms with E-state index in [-0.39, 0.29) is 0 Å². The summed E-state index contributed by atoms with van der Waals surface area (Å²) in [4.78, 5) is 4.57. The number of aryl methyl sites for hydroxylation is 1. The van der Waals surface area contributed by atoms with Gasteiger partial charge in [0.05, 0.1) is 11.2 Å². The Labute approximate surface area is 124 Å². The molecule has 2 N–H and O–H groups in total. The number of ether oxygens (including phenoxy) is 1. The molecule has 106 valence electrons. The highest BCUT2D eigenvalue weighted by molar-refractivity contribution is 7.80. The van der Waals surface area contributed by atoms with E-state index in [2.05, 4.69) is 21.7 Å². The summed E-state index contributed by atoms with van der Waals surface area (Å²) in [7, 11) is 1.70. The minimum absolute atomic E-state index is 0.608. The number of benzene rings is 1. The van der Waals surface area contributed by atoms with E-state index in [1.165, 1.54) is 0 Å². The van der Waals surface area contributed by atoms with Crippen LogP contribution in [-0.4, -0.2) is 30.4 Å². The van der Waals surface area contributed by atoms with Gasteiger partial charge >= 0.3 is 0 Å². The van der Waals surface area contributed by atoms with Crippen LogP contribution in [0.5, 0.6) is 0 Å². The molecule has 0 atom stereocenters. The van der Waals surface area contributed by atoms with Gasteiger partial charge in [0, 0.05) is 31.3 Å². The molecule has 0 aliphatic carbocycles. The Bertz CT molecular complexity index is 601. The van der Waals surface area contributed by atoms with Crippen LogP contribution in [0.25, 0.3) is 10.9 Å². The zero-order chi connectivity index (χ0) is 14.4. The molecule has 0 aliphatic rings. The van der Waals surface area contributed by atoms with Gasteiger partial charge in [-0.15, -0.1) is 0 Å². The van der Waals surface area contributed by atoms with E-state index in [9.17, 15) is 0 Å². The highest BCUT2D eigenvalue weighted by atomic mass is 32.1. The highest BCUT2D eigenvalue weighted by Gasteiger charge is 2.04. The van der Waals surface area contributed by atoms with Crippen LogP contribution in [0, 0.1) is 6.92 Å². The van der Waals surface area contributed by atoms with Crippen LogP contribution in [0.3, 0.4) is 0 Å². The predicted molar refractivity (Wildman–Crippen MR) is 87.2 cm³/mol. The van der Waals surface area contributed by atoms with Crippen LogP contribution in [-0.2, 0) is 4.74 Å². The van der Waals surface area contributed by atoms with Gasteiger partial charge in [0.2, 0.25) is 0 Å². The number of nitrogens with zero attached hydrogens (tertiary/aromatic N) is 1. The van der Waals surface area contributed by atoms with Crippen molar-refractivity contribution >= 4 is 33.9 Å². The number of thiocarbonyl (C=S) groups is 1. The van der Waals surface area contributed by atoms with E-state index in [0.29, 0.717) is 5.11 Å². The molecule has 2 aromatic rings. The number of rotatable bonds is 5. The van der Waals surface area contributed by atoms with Gasteiger partial charge in [-0.25, -0.2) is 0 Å². The minimum atomic E-state index is 0.608.